The number of fused-ring (bicyclic) bond motifs is 1. The van der Waals surface area contributed by atoms with Crippen molar-refractivity contribution in [2.45, 2.75) is 45.6 Å². The van der Waals surface area contributed by atoms with Crippen LogP contribution in [0.5, 0.6) is 0 Å². The van der Waals surface area contributed by atoms with Crippen molar-refractivity contribution in [2.24, 2.45) is 0 Å². The van der Waals surface area contributed by atoms with E-state index in [2.05, 4.69) is 49.2 Å². The van der Waals surface area contributed by atoms with Crippen LogP contribution in [0.4, 0.5) is 0 Å². The third-order valence-corrected chi connectivity index (χ3v) is 4.30. The van der Waals surface area contributed by atoms with Gasteiger partial charge in [0, 0.05) is 18.1 Å². The fourth-order valence-electron chi connectivity index (χ4n) is 3.22. The first kappa shape index (κ1) is 13.6. The molecule has 3 rings (SSSR count). The molecule has 0 radical (unpaired) electrons. The van der Waals surface area contributed by atoms with Crippen molar-refractivity contribution in [2.75, 3.05) is 13.1 Å². The maximum absolute atomic E-state index is 4.75. The molecule has 2 heteroatoms. The highest BCUT2D eigenvalue weighted by Crippen LogP contribution is 2.27. The lowest BCUT2D eigenvalue weighted by Crippen LogP contribution is -2.29. The first-order chi connectivity index (χ1) is 9.75. The average Bonchev–Trinajstić information content (AvgIpc) is 2.48. The van der Waals surface area contributed by atoms with E-state index >= 15 is 0 Å². The zero-order chi connectivity index (χ0) is 13.9. The van der Waals surface area contributed by atoms with Crippen LogP contribution in [-0.2, 0) is 6.54 Å². The number of benzene rings is 1. The minimum atomic E-state index is 0.476. The Hall–Kier alpha value is -1.41. The molecular weight excluding hydrogens is 244 g/mol. The molecule has 0 atom stereocenters. The fourth-order valence-corrected chi connectivity index (χ4v) is 3.22. The molecule has 1 saturated heterocycles. The van der Waals surface area contributed by atoms with Crippen LogP contribution in [0.1, 0.15) is 50.3 Å². The summed E-state index contributed by atoms with van der Waals surface area (Å²) >= 11 is 0. The molecule has 106 valence electrons. The molecule has 0 saturated carbocycles. The van der Waals surface area contributed by atoms with Gasteiger partial charge in [-0.1, -0.05) is 44.5 Å². The predicted octanol–water partition coefficient (Wildman–Crippen LogP) is 4.34. The zero-order valence-corrected chi connectivity index (χ0v) is 12.6. The Balaban J connectivity index is 1.97. The number of nitrogens with zero attached hydrogens (tertiary/aromatic N) is 2. The molecule has 1 aliphatic rings. The van der Waals surface area contributed by atoms with E-state index in [1.165, 1.54) is 54.4 Å². The molecule has 20 heavy (non-hydrogen) atoms. The summed E-state index contributed by atoms with van der Waals surface area (Å²) < 4.78 is 0. The minimum Gasteiger partial charge on any atom is -0.299 e. The minimum absolute atomic E-state index is 0.476. The Labute approximate surface area is 121 Å². The lowest BCUT2D eigenvalue weighted by molar-refractivity contribution is 0.221. The topological polar surface area (TPSA) is 16.1 Å². The van der Waals surface area contributed by atoms with Crippen molar-refractivity contribution in [1.29, 1.82) is 0 Å². The van der Waals surface area contributed by atoms with Crippen molar-refractivity contribution >= 4 is 10.8 Å². The monoisotopic (exact) mass is 268 g/mol. The Morgan fingerprint density at radius 3 is 2.45 bits per heavy atom. The van der Waals surface area contributed by atoms with E-state index in [4.69, 9.17) is 4.98 Å². The molecule has 2 aromatic rings. The van der Waals surface area contributed by atoms with Gasteiger partial charge in [0.15, 0.2) is 0 Å². The van der Waals surface area contributed by atoms with Crippen LogP contribution in [0.3, 0.4) is 0 Å². The Bertz CT molecular complexity index is 583. The number of hydrogen-bond donors (Lipinski definition) is 0. The van der Waals surface area contributed by atoms with Crippen LogP contribution in [-0.4, -0.2) is 23.0 Å². The van der Waals surface area contributed by atoms with Gasteiger partial charge in [-0.2, -0.15) is 0 Å². The molecule has 0 amide bonds. The molecule has 1 fully saturated rings. The normalized spacial score (nSPS) is 16.9. The molecular formula is C18H24N2. The molecule has 0 unspecified atom stereocenters. The van der Waals surface area contributed by atoms with Gasteiger partial charge >= 0.3 is 0 Å². The van der Waals surface area contributed by atoms with Gasteiger partial charge < -0.3 is 0 Å². The van der Waals surface area contributed by atoms with E-state index in [0.717, 1.165) is 6.54 Å². The van der Waals surface area contributed by atoms with Gasteiger partial charge in [0.25, 0.3) is 0 Å². The molecule has 2 heterocycles. The highest BCUT2D eigenvalue weighted by atomic mass is 15.1. The van der Waals surface area contributed by atoms with Crippen LogP contribution in [0.15, 0.2) is 30.5 Å². The molecule has 0 bridgehead atoms. The van der Waals surface area contributed by atoms with Gasteiger partial charge in [-0.25, -0.2) is 0 Å². The highest BCUT2D eigenvalue weighted by molar-refractivity contribution is 5.87. The molecule has 0 N–H and O–H groups in total. The van der Waals surface area contributed by atoms with Gasteiger partial charge in [0.05, 0.1) is 5.69 Å². The predicted molar refractivity (Wildman–Crippen MR) is 85.0 cm³/mol. The summed E-state index contributed by atoms with van der Waals surface area (Å²) in [6, 6.07) is 8.74. The molecule has 2 nitrogen and oxygen atoms in total. The number of hydrogen-bond acceptors (Lipinski definition) is 2. The second-order valence-electron chi connectivity index (χ2n) is 6.21. The van der Waals surface area contributed by atoms with Crippen molar-refractivity contribution in [3.05, 3.63) is 41.7 Å². The standard InChI is InChI=1S/C18H24N2/c1-14(2)18-17-9-5-4-8-16(17)15(12-19-18)13-20-10-6-3-7-11-20/h4-5,8-9,12,14H,3,6-7,10-11,13H2,1-2H3. The third-order valence-electron chi connectivity index (χ3n) is 4.30. The Morgan fingerprint density at radius 1 is 1.05 bits per heavy atom. The van der Waals surface area contributed by atoms with Crippen molar-refractivity contribution < 1.29 is 0 Å². The Kier molecular flexibility index (Phi) is 4.02. The van der Waals surface area contributed by atoms with Crippen LogP contribution in [0, 0.1) is 0 Å². The number of piperidine rings is 1. The van der Waals surface area contributed by atoms with Gasteiger partial charge in [0.1, 0.15) is 0 Å². The van der Waals surface area contributed by atoms with E-state index in [0.29, 0.717) is 5.92 Å². The molecule has 1 aliphatic heterocycles. The Morgan fingerprint density at radius 2 is 1.75 bits per heavy atom. The van der Waals surface area contributed by atoms with Crippen LogP contribution >= 0.6 is 0 Å². The summed E-state index contributed by atoms with van der Waals surface area (Å²) in [4.78, 5) is 7.32. The average molecular weight is 268 g/mol. The van der Waals surface area contributed by atoms with E-state index < -0.39 is 0 Å². The summed E-state index contributed by atoms with van der Waals surface area (Å²) in [5.41, 5.74) is 2.61. The van der Waals surface area contributed by atoms with Crippen LogP contribution < -0.4 is 0 Å². The van der Waals surface area contributed by atoms with Crippen molar-refractivity contribution in [1.82, 2.24) is 9.88 Å². The van der Waals surface area contributed by atoms with E-state index in [1.807, 2.05) is 0 Å². The summed E-state index contributed by atoms with van der Waals surface area (Å²) in [5.74, 6) is 0.476. The largest absolute Gasteiger partial charge is 0.299 e. The van der Waals surface area contributed by atoms with Crippen LogP contribution in [0.25, 0.3) is 10.8 Å². The fraction of sp³-hybridized carbons (Fsp3) is 0.500. The van der Waals surface area contributed by atoms with Gasteiger partial charge in [-0.15, -0.1) is 0 Å². The zero-order valence-electron chi connectivity index (χ0n) is 12.6. The number of likely N-dealkylation sites (tertiary alicyclic amines) is 1. The van der Waals surface area contributed by atoms with Gasteiger partial charge in [-0.3, -0.25) is 9.88 Å². The molecule has 0 spiro atoms. The van der Waals surface area contributed by atoms with Gasteiger partial charge in [0.2, 0.25) is 0 Å². The maximum Gasteiger partial charge on any atom is 0.0507 e. The number of aromatic nitrogens is 1. The first-order valence-corrected chi connectivity index (χ1v) is 7.84. The molecule has 1 aromatic heterocycles. The van der Waals surface area contributed by atoms with Crippen LogP contribution in [0.2, 0.25) is 0 Å². The summed E-state index contributed by atoms with van der Waals surface area (Å²) in [5, 5.41) is 2.72. The van der Waals surface area contributed by atoms with Crippen molar-refractivity contribution in [3.8, 4) is 0 Å². The lowest BCUT2D eigenvalue weighted by atomic mass is 9.99. The molecule has 0 aliphatic carbocycles. The van der Waals surface area contributed by atoms with Crippen molar-refractivity contribution in [3.63, 3.8) is 0 Å². The highest BCUT2D eigenvalue weighted by Gasteiger charge is 2.14. The first-order valence-electron chi connectivity index (χ1n) is 7.84. The van der Waals surface area contributed by atoms with Gasteiger partial charge in [-0.05, 0) is 42.8 Å². The third kappa shape index (κ3) is 2.71. The summed E-state index contributed by atoms with van der Waals surface area (Å²) in [6.07, 6.45) is 6.18. The second kappa shape index (κ2) is 5.92. The number of rotatable bonds is 3. The summed E-state index contributed by atoms with van der Waals surface area (Å²) in [6.45, 7) is 7.96. The van der Waals surface area contributed by atoms with E-state index in [-0.39, 0.29) is 0 Å². The number of pyridine rings is 1. The van der Waals surface area contributed by atoms with E-state index in [9.17, 15) is 0 Å². The quantitative estimate of drug-likeness (QED) is 0.823. The summed E-state index contributed by atoms with van der Waals surface area (Å²) in [7, 11) is 0. The SMILES string of the molecule is CC(C)c1ncc(CN2CCCCC2)c2ccccc12. The molecule has 1 aromatic carbocycles. The second-order valence-corrected chi connectivity index (χ2v) is 6.21. The lowest BCUT2D eigenvalue weighted by Gasteiger charge is -2.27. The van der Waals surface area contributed by atoms with E-state index in [1.54, 1.807) is 0 Å². The maximum atomic E-state index is 4.75. The smallest absolute Gasteiger partial charge is 0.0507 e.